The van der Waals surface area contributed by atoms with E-state index in [4.69, 9.17) is 10.2 Å². The van der Waals surface area contributed by atoms with Crippen LogP contribution in [-0.4, -0.2) is 42.6 Å². The minimum absolute atomic E-state index is 0.596. The number of hydrogen-bond acceptors (Lipinski definition) is 5. The Morgan fingerprint density at radius 2 is 1.81 bits per heavy atom. The summed E-state index contributed by atoms with van der Waals surface area (Å²) in [7, 11) is 0. The van der Waals surface area contributed by atoms with Crippen LogP contribution in [0.25, 0.3) is 11.3 Å². The van der Waals surface area contributed by atoms with Crippen LogP contribution >= 0.6 is 0 Å². The number of furan rings is 1. The molecule has 32 heavy (non-hydrogen) atoms. The minimum atomic E-state index is -4.31. The van der Waals surface area contributed by atoms with Crippen molar-refractivity contribution >= 4 is 11.4 Å². The Kier molecular flexibility index (Phi) is 6.69. The molecule has 0 spiro atoms. The summed E-state index contributed by atoms with van der Waals surface area (Å²) in [5.74, 6) is 0.741. The third-order valence-corrected chi connectivity index (χ3v) is 5.91. The van der Waals surface area contributed by atoms with Crippen LogP contribution in [0.1, 0.15) is 24.1 Å². The van der Waals surface area contributed by atoms with E-state index in [2.05, 4.69) is 9.88 Å². The number of nitrogens with two attached hydrogens (primary N) is 1. The fourth-order valence-electron chi connectivity index (χ4n) is 4.10. The predicted octanol–water partition coefficient (Wildman–Crippen LogP) is 5.09. The highest BCUT2D eigenvalue weighted by Gasteiger charge is 2.31. The molecule has 2 N–H and O–H groups in total. The lowest BCUT2D eigenvalue weighted by molar-refractivity contribution is -0.137. The highest BCUT2D eigenvalue weighted by molar-refractivity contribution is 5.73. The number of benzene rings is 1. The molecule has 1 aliphatic heterocycles. The minimum Gasteiger partial charge on any atom is -0.464 e. The molecule has 0 atom stereocenters. The number of aryl methyl sites for hydroxylation is 1. The number of alkyl halides is 3. The Balaban J connectivity index is 1.23. The second-order valence-electron chi connectivity index (χ2n) is 8.03. The average molecular weight is 445 g/mol. The van der Waals surface area contributed by atoms with E-state index >= 15 is 0 Å². The van der Waals surface area contributed by atoms with E-state index < -0.39 is 11.7 Å². The topological polar surface area (TPSA) is 58.5 Å². The fourth-order valence-corrected chi connectivity index (χ4v) is 4.10. The first-order valence-electron chi connectivity index (χ1n) is 10.8. The molecule has 5 nitrogen and oxygen atoms in total. The first-order valence-corrected chi connectivity index (χ1v) is 10.8. The monoisotopic (exact) mass is 444 g/mol. The van der Waals surface area contributed by atoms with Gasteiger partial charge in [-0.25, -0.2) is 0 Å². The number of pyridine rings is 1. The molecule has 0 saturated carbocycles. The van der Waals surface area contributed by atoms with Gasteiger partial charge in [0.25, 0.3) is 0 Å². The Labute approximate surface area is 185 Å². The number of anilines is 2. The number of hydrogen-bond donors (Lipinski definition) is 1. The first-order chi connectivity index (χ1) is 15.4. The molecule has 2 aromatic heterocycles. The van der Waals surface area contributed by atoms with E-state index in [9.17, 15) is 13.2 Å². The standard InChI is InChI=1S/C24H27F3N4O/c25-24(26,27)18-5-3-6-19(17-18)31-14-12-30(13-15-31)11-2-1-7-21-23(28)20(9-10-29-21)22-8-4-16-32-22/h3-6,8-10,16-17H,1-2,7,11-15,28H2. The van der Waals surface area contributed by atoms with Crippen LogP contribution in [-0.2, 0) is 12.6 Å². The average Bonchev–Trinajstić information content (AvgIpc) is 3.32. The highest BCUT2D eigenvalue weighted by Crippen LogP contribution is 2.32. The van der Waals surface area contributed by atoms with E-state index in [1.807, 2.05) is 23.1 Å². The zero-order valence-corrected chi connectivity index (χ0v) is 17.8. The van der Waals surface area contributed by atoms with Crippen molar-refractivity contribution in [1.29, 1.82) is 0 Å². The van der Waals surface area contributed by atoms with Gasteiger partial charge < -0.3 is 15.1 Å². The van der Waals surface area contributed by atoms with E-state index in [0.29, 0.717) is 11.4 Å². The lowest BCUT2D eigenvalue weighted by atomic mass is 10.1. The SMILES string of the molecule is Nc1c(-c2ccco2)ccnc1CCCCN1CCN(c2cccc(C(F)(F)F)c2)CC1. The number of nitrogens with zero attached hydrogens (tertiary/aromatic N) is 3. The largest absolute Gasteiger partial charge is 0.464 e. The molecule has 1 fully saturated rings. The molecule has 1 aromatic carbocycles. The van der Waals surface area contributed by atoms with Gasteiger partial charge in [0.1, 0.15) is 5.76 Å². The van der Waals surface area contributed by atoms with E-state index in [0.717, 1.165) is 75.1 Å². The number of unbranched alkanes of at least 4 members (excludes halogenated alkanes) is 1. The molecule has 4 rings (SSSR count). The third kappa shape index (κ3) is 5.24. The molecule has 1 aliphatic rings. The normalized spacial score (nSPS) is 15.3. The molecular formula is C24H27F3N4O. The van der Waals surface area contributed by atoms with Crippen LogP contribution in [0.3, 0.4) is 0 Å². The number of aromatic nitrogens is 1. The summed E-state index contributed by atoms with van der Waals surface area (Å²) < 4.78 is 44.4. The smallest absolute Gasteiger partial charge is 0.416 e. The fraction of sp³-hybridized carbons (Fsp3) is 0.375. The molecule has 0 amide bonds. The quantitative estimate of drug-likeness (QED) is 0.515. The van der Waals surface area contributed by atoms with Gasteiger partial charge in [0, 0.05) is 43.6 Å². The number of piperazine rings is 1. The Hall–Kier alpha value is -3.00. The van der Waals surface area contributed by atoms with Gasteiger partial charge in [0.05, 0.1) is 23.2 Å². The van der Waals surface area contributed by atoms with Crippen LogP contribution in [0.5, 0.6) is 0 Å². The maximum atomic E-state index is 13.0. The van der Waals surface area contributed by atoms with Crippen molar-refractivity contribution in [3.63, 3.8) is 0 Å². The highest BCUT2D eigenvalue weighted by atomic mass is 19.4. The molecular weight excluding hydrogens is 417 g/mol. The van der Waals surface area contributed by atoms with Gasteiger partial charge in [-0.15, -0.1) is 0 Å². The summed E-state index contributed by atoms with van der Waals surface area (Å²) >= 11 is 0. The summed E-state index contributed by atoms with van der Waals surface area (Å²) in [6, 6.07) is 11.2. The zero-order chi connectivity index (χ0) is 22.6. The summed E-state index contributed by atoms with van der Waals surface area (Å²) in [5.41, 5.74) is 8.75. The third-order valence-electron chi connectivity index (χ3n) is 5.91. The van der Waals surface area contributed by atoms with Gasteiger partial charge in [-0.1, -0.05) is 6.07 Å². The van der Waals surface area contributed by atoms with Crippen molar-refractivity contribution in [3.05, 3.63) is 66.2 Å². The summed E-state index contributed by atoms with van der Waals surface area (Å²) in [4.78, 5) is 8.82. The Morgan fingerprint density at radius 3 is 2.53 bits per heavy atom. The lowest BCUT2D eigenvalue weighted by Gasteiger charge is -2.36. The summed E-state index contributed by atoms with van der Waals surface area (Å²) in [5, 5.41) is 0. The van der Waals surface area contributed by atoms with Crippen molar-refractivity contribution in [2.75, 3.05) is 43.4 Å². The molecule has 1 saturated heterocycles. The molecule has 0 bridgehead atoms. The molecule has 8 heteroatoms. The van der Waals surface area contributed by atoms with E-state index in [1.165, 1.54) is 12.1 Å². The molecule has 0 radical (unpaired) electrons. The summed E-state index contributed by atoms with van der Waals surface area (Å²) in [6.45, 7) is 4.07. The Morgan fingerprint density at radius 1 is 1.00 bits per heavy atom. The van der Waals surface area contributed by atoms with Crippen LogP contribution in [0, 0.1) is 0 Å². The Bertz CT molecular complexity index is 1010. The molecule has 3 aromatic rings. The van der Waals surface area contributed by atoms with Crippen molar-refractivity contribution in [2.45, 2.75) is 25.4 Å². The second kappa shape index (κ2) is 9.65. The number of halogens is 3. The van der Waals surface area contributed by atoms with Crippen molar-refractivity contribution in [1.82, 2.24) is 9.88 Å². The first kappa shape index (κ1) is 22.2. The van der Waals surface area contributed by atoms with Crippen LogP contribution in [0.15, 0.2) is 59.3 Å². The van der Waals surface area contributed by atoms with Crippen molar-refractivity contribution in [2.24, 2.45) is 0 Å². The second-order valence-corrected chi connectivity index (χ2v) is 8.03. The zero-order valence-electron chi connectivity index (χ0n) is 17.8. The predicted molar refractivity (Wildman–Crippen MR) is 119 cm³/mol. The number of rotatable bonds is 7. The molecule has 0 aliphatic carbocycles. The molecule has 0 unspecified atom stereocenters. The van der Waals surface area contributed by atoms with Crippen LogP contribution in [0.2, 0.25) is 0 Å². The van der Waals surface area contributed by atoms with E-state index in [-0.39, 0.29) is 0 Å². The van der Waals surface area contributed by atoms with Gasteiger partial charge in [-0.3, -0.25) is 9.88 Å². The van der Waals surface area contributed by atoms with Gasteiger partial charge in [-0.05, 0) is 62.2 Å². The maximum Gasteiger partial charge on any atom is 0.416 e. The van der Waals surface area contributed by atoms with Crippen LogP contribution < -0.4 is 10.6 Å². The molecule has 170 valence electrons. The molecule has 3 heterocycles. The van der Waals surface area contributed by atoms with Crippen LogP contribution in [0.4, 0.5) is 24.5 Å². The van der Waals surface area contributed by atoms with Crippen molar-refractivity contribution in [3.8, 4) is 11.3 Å². The lowest BCUT2D eigenvalue weighted by Crippen LogP contribution is -2.46. The van der Waals surface area contributed by atoms with E-state index in [1.54, 1.807) is 18.5 Å². The number of nitrogen functional groups attached to an aromatic ring is 1. The van der Waals surface area contributed by atoms with Crippen molar-refractivity contribution < 1.29 is 17.6 Å². The maximum absolute atomic E-state index is 13.0. The van der Waals surface area contributed by atoms with Gasteiger partial charge >= 0.3 is 6.18 Å². The van der Waals surface area contributed by atoms with Gasteiger partial charge in [-0.2, -0.15) is 13.2 Å². The van der Waals surface area contributed by atoms with Gasteiger partial charge in [0.2, 0.25) is 0 Å². The van der Waals surface area contributed by atoms with Gasteiger partial charge in [0.15, 0.2) is 0 Å². The summed E-state index contributed by atoms with van der Waals surface area (Å²) in [6.07, 6.45) is 1.85.